The highest BCUT2D eigenvalue weighted by atomic mass is 16.5. The molecule has 1 aromatic carbocycles. The number of pyridine rings is 1. The number of nitrogens with one attached hydrogen (secondary N) is 1. The highest BCUT2D eigenvalue weighted by molar-refractivity contribution is 6.05. The summed E-state index contributed by atoms with van der Waals surface area (Å²) in [5.41, 5.74) is 2.02. The zero-order valence-electron chi connectivity index (χ0n) is 13.8. The first kappa shape index (κ1) is 15.6. The Morgan fingerprint density at radius 1 is 1.36 bits per heavy atom. The number of anilines is 1. The first-order valence-electron chi connectivity index (χ1n) is 8.12. The Morgan fingerprint density at radius 2 is 2.28 bits per heavy atom. The third-order valence-corrected chi connectivity index (χ3v) is 4.05. The number of amides is 1. The van der Waals surface area contributed by atoms with Crippen molar-refractivity contribution in [2.45, 2.75) is 12.5 Å². The molecule has 0 saturated carbocycles. The second-order valence-corrected chi connectivity index (χ2v) is 6.02. The van der Waals surface area contributed by atoms with Crippen LogP contribution in [0.3, 0.4) is 0 Å². The molecule has 0 radical (unpaired) electrons. The van der Waals surface area contributed by atoms with Crippen molar-refractivity contribution in [1.82, 2.24) is 14.8 Å². The van der Waals surface area contributed by atoms with Gasteiger partial charge in [0, 0.05) is 48.6 Å². The van der Waals surface area contributed by atoms with Crippen molar-refractivity contribution in [3.63, 3.8) is 0 Å². The van der Waals surface area contributed by atoms with E-state index >= 15 is 0 Å². The van der Waals surface area contributed by atoms with Crippen molar-refractivity contribution in [3.05, 3.63) is 48.3 Å². The van der Waals surface area contributed by atoms with Crippen LogP contribution < -0.4 is 10.1 Å². The number of aromatic nitrogens is 3. The summed E-state index contributed by atoms with van der Waals surface area (Å²) in [6.45, 7) is 1.25. The fourth-order valence-corrected chi connectivity index (χ4v) is 2.81. The summed E-state index contributed by atoms with van der Waals surface area (Å²) in [5.74, 6) is 0.216. The lowest BCUT2D eigenvalue weighted by molar-refractivity contribution is 0.102. The van der Waals surface area contributed by atoms with E-state index in [1.807, 2.05) is 31.4 Å². The second-order valence-electron chi connectivity index (χ2n) is 6.02. The third kappa shape index (κ3) is 3.46. The van der Waals surface area contributed by atoms with Gasteiger partial charge >= 0.3 is 0 Å². The summed E-state index contributed by atoms with van der Waals surface area (Å²) in [6, 6.07) is 8.94. The van der Waals surface area contributed by atoms with Gasteiger partial charge in [-0.1, -0.05) is 0 Å². The van der Waals surface area contributed by atoms with Gasteiger partial charge in [-0.15, -0.1) is 0 Å². The van der Waals surface area contributed by atoms with Gasteiger partial charge in [-0.2, -0.15) is 5.10 Å². The van der Waals surface area contributed by atoms with Gasteiger partial charge in [-0.05, 0) is 24.3 Å². The fraction of sp³-hybridized carbons (Fsp3) is 0.278. The predicted molar refractivity (Wildman–Crippen MR) is 92.8 cm³/mol. The molecular weight excluding hydrogens is 320 g/mol. The van der Waals surface area contributed by atoms with Gasteiger partial charge < -0.3 is 14.8 Å². The van der Waals surface area contributed by atoms with Crippen LogP contribution in [0, 0.1) is 0 Å². The summed E-state index contributed by atoms with van der Waals surface area (Å²) in [6.07, 6.45) is 4.34. The van der Waals surface area contributed by atoms with Crippen molar-refractivity contribution < 1.29 is 14.3 Å². The number of fused-ring (bicyclic) bond motifs is 1. The van der Waals surface area contributed by atoms with Crippen LogP contribution in [-0.2, 0) is 11.8 Å². The Morgan fingerprint density at radius 3 is 3.12 bits per heavy atom. The Balaban J connectivity index is 1.49. The van der Waals surface area contributed by atoms with E-state index in [0.29, 0.717) is 30.3 Å². The van der Waals surface area contributed by atoms with Crippen molar-refractivity contribution in [2.24, 2.45) is 7.05 Å². The van der Waals surface area contributed by atoms with Crippen molar-refractivity contribution >= 4 is 22.5 Å². The van der Waals surface area contributed by atoms with Crippen LogP contribution in [0.15, 0.2) is 42.7 Å². The second kappa shape index (κ2) is 6.52. The highest BCUT2D eigenvalue weighted by Crippen LogP contribution is 2.20. The first-order chi connectivity index (χ1) is 12.2. The van der Waals surface area contributed by atoms with E-state index in [2.05, 4.69) is 15.4 Å². The number of aryl methyl sites for hydroxylation is 1. The minimum absolute atomic E-state index is 0.00243. The molecular formula is C18H18N4O3. The average Bonchev–Trinajstić information content (AvgIpc) is 3.23. The lowest BCUT2D eigenvalue weighted by Gasteiger charge is -2.11. The number of nitrogens with zero attached hydrogens (tertiary/aromatic N) is 3. The number of carbonyl (C=O) groups is 1. The van der Waals surface area contributed by atoms with Crippen molar-refractivity contribution in [3.8, 4) is 5.88 Å². The van der Waals surface area contributed by atoms with Crippen LogP contribution in [0.2, 0.25) is 0 Å². The molecule has 7 nitrogen and oxygen atoms in total. The molecule has 1 atom stereocenters. The van der Waals surface area contributed by atoms with Gasteiger partial charge in [-0.25, -0.2) is 4.98 Å². The lowest BCUT2D eigenvalue weighted by atomic mass is 10.2. The number of benzene rings is 1. The number of ether oxygens (including phenoxy) is 2. The van der Waals surface area contributed by atoms with Crippen LogP contribution in [0.1, 0.15) is 16.8 Å². The average molecular weight is 338 g/mol. The van der Waals surface area contributed by atoms with Gasteiger partial charge in [0.1, 0.15) is 6.10 Å². The SMILES string of the molecule is Cn1cc2ccc(NC(=O)c3ccnc(OC4CCOC4)c3)cc2n1. The van der Waals surface area contributed by atoms with Crippen LogP contribution in [0.25, 0.3) is 10.9 Å². The maximum Gasteiger partial charge on any atom is 0.255 e. The predicted octanol–water partition coefficient (Wildman–Crippen LogP) is 2.39. The van der Waals surface area contributed by atoms with E-state index < -0.39 is 0 Å². The maximum atomic E-state index is 12.5. The normalized spacial score (nSPS) is 16.9. The molecule has 0 bridgehead atoms. The van der Waals surface area contributed by atoms with Gasteiger partial charge in [0.2, 0.25) is 5.88 Å². The largest absolute Gasteiger partial charge is 0.472 e. The first-order valence-corrected chi connectivity index (χ1v) is 8.12. The summed E-state index contributed by atoms with van der Waals surface area (Å²) in [7, 11) is 1.87. The molecule has 1 saturated heterocycles. The molecule has 128 valence electrons. The van der Waals surface area contributed by atoms with Crippen LogP contribution in [0.5, 0.6) is 5.88 Å². The van der Waals surface area contributed by atoms with Gasteiger partial charge in [0.15, 0.2) is 0 Å². The molecule has 1 fully saturated rings. The third-order valence-electron chi connectivity index (χ3n) is 4.05. The molecule has 2 aromatic heterocycles. The lowest BCUT2D eigenvalue weighted by Crippen LogP contribution is -2.17. The minimum Gasteiger partial charge on any atom is -0.472 e. The molecule has 3 heterocycles. The quantitative estimate of drug-likeness (QED) is 0.790. The van der Waals surface area contributed by atoms with Gasteiger partial charge in [-0.3, -0.25) is 9.48 Å². The topological polar surface area (TPSA) is 78.3 Å². The zero-order chi connectivity index (χ0) is 17.2. The summed E-state index contributed by atoms with van der Waals surface area (Å²) in [5, 5.41) is 8.26. The van der Waals surface area contributed by atoms with Crippen molar-refractivity contribution in [2.75, 3.05) is 18.5 Å². The minimum atomic E-state index is -0.217. The standard InChI is InChI=1S/C18H18N4O3/c1-22-10-13-2-3-14(9-16(13)21-22)20-18(23)12-4-6-19-17(8-12)25-15-5-7-24-11-15/h2-4,6,8-10,15H,5,7,11H2,1H3,(H,20,23). The zero-order valence-corrected chi connectivity index (χ0v) is 13.8. The molecule has 1 unspecified atom stereocenters. The highest BCUT2D eigenvalue weighted by Gasteiger charge is 2.18. The van der Waals surface area contributed by atoms with Crippen LogP contribution in [0.4, 0.5) is 5.69 Å². The smallest absolute Gasteiger partial charge is 0.255 e. The van der Waals surface area contributed by atoms with E-state index in [-0.39, 0.29) is 12.0 Å². The van der Waals surface area contributed by atoms with E-state index in [4.69, 9.17) is 9.47 Å². The van der Waals surface area contributed by atoms with E-state index in [1.165, 1.54) is 0 Å². The fourth-order valence-electron chi connectivity index (χ4n) is 2.81. The van der Waals surface area contributed by atoms with Gasteiger partial charge in [0.05, 0.1) is 18.7 Å². The monoisotopic (exact) mass is 338 g/mol. The Bertz CT molecular complexity index is 916. The van der Waals surface area contributed by atoms with E-state index in [0.717, 1.165) is 17.3 Å². The summed E-state index contributed by atoms with van der Waals surface area (Å²) >= 11 is 0. The molecule has 7 heteroatoms. The number of hydrogen-bond acceptors (Lipinski definition) is 5. The number of carbonyl (C=O) groups excluding carboxylic acids is 1. The Kier molecular flexibility index (Phi) is 4.07. The Hall–Kier alpha value is -2.93. The van der Waals surface area contributed by atoms with Crippen molar-refractivity contribution in [1.29, 1.82) is 0 Å². The molecule has 3 aromatic rings. The molecule has 1 aliphatic rings. The number of rotatable bonds is 4. The van der Waals surface area contributed by atoms with Crippen LogP contribution >= 0.6 is 0 Å². The van der Waals surface area contributed by atoms with E-state index in [9.17, 15) is 4.79 Å². The molecule has 1 amide bonds. The Labute approximate surface area is 144 Å². The molecule has 25 heavy (non-hydrogen) atoms. The molecule has 0 spiro atoms. The van der Waals surface area contributed by atoms with Gasteiger partial charge in [0.25, 0.3) is 5.91 Å². The number of hydrogen-bond donors (Lipinski definition) is 1. The molecule has 0 aliphatic carbocycles. The van der Waals surface area contributed by atoms with E-state index in [1.54, 1.807) is 23.0 Å². The summed E-state index contributed by atoms with van der Waals surface area (Å²) < 4.78 is 12.8. The molecule has 4 rings (SSSR count). The maximum absolute atomic E-state index is 12.5. The molecule has 1 N–H and O–H groups in total. The summed E-state index contributed by atoms with van der Waals surface area (Å²) in [4.78, 5) is 16.7. The van der Waals surface area contributed by atoms with Crippen LogP contribution in [-0.4, -0.2) is 40.0 Å². The molecule has 1 aliphatic heterocycles.